The Bertz CT molecular complexity index is 1550. The Morgan fingerprint density at radius 2 is 1.02 bits per heavy atom. The van der Waals surface area contributed by atoms with Crippen LogP contribution in [0.5, 0.6) is 5.75 Å². The van der Waals surface area contributed by atoms with Gasteiger partial charge in [0.15, 0.2) is 15.0 Å². The van der Waals surface area contributed by atoms with Crippen LogP contribution in [-0.4, -0.2) is 77.5 Å². The maximum Gasteiger partial charge on any atom is 0.460 e. The molecule has 1 saturated heterocycles. The Balaban J connectivity index is 0.000000359. The van der Waals surface area contributed by atoms with Gasteiger partial charge in [0.25, 0.3) is 0 Å². The smallest absolute Gasteiger partial charge is 0.460 e. The average molecular weight is 773 g/mol. The van der Waals surface area contributed by atoms with E-state index in [9.17, 15) is 87.6 Å². The number of fused-ring (bicyclic) bond motifs is 1. The summed E-state index contributed by atoms with van der Waals surface area (Å²) < 4.78 is 250. The summed E-state index contributed by atoms with van der Waals surface area (Å²) in [7, 11) is -7.69. The number of hydrogen-bond donors (Lipinski definition) is 0. The van der Waals surface area contributed by atoms with E-state index < -0.39 is 57.1 Å². The van der Waals surface area contributed by atoms with Gasteiger partial charge in [0.05, 0.1) is 6.10 Å². The minimum atomic E-state index is -8.92. The van der Waals surface area contributed by atoms with E-state index in [0.717, 1.165) is 5.75 Å². The average Bonchev–Trinajstić information content (AvgIpc) is 3.46. The molecule has 1 heterocycles. The number of hydrogen-bond acceptors (Lipinski definition) is 4. The molecule has 1 aliphatic rings. The first kappa shape index (κ1) is 41.7. The molecule has 1 aliphatic heterocycles. The van der Waals surface area contributed by atoms with E-state index in [0.29, 0.717) is 10.9 Å². The van der Waals surface area contributed by atoms with Gasteiger partial charge >= 0.3 is 47.0 Å². The summed E-state index contributed by atoms with van der Waals surface area (Å²) in [6.07, 6.45) is -4.89. The van der Waals surface area contributed by atoms with Crippen molar-refractivity contribution in [3.8, 4) is 5.75 Å². The van der Waals surface area contributed by atoms with Crippen LogP contribution in [0.4, 0.5) is 74.6 Å². The highest BCUT2D eigenvalue weighted by Crippen LogP contribution is 2.64. The molecule has 0 amide bonds. The quantitative estimate of drug-likeness (QED) is 0.138. The van der Waals surface area contributed by atoms with Crippen molar-refractivity contribution in [1.82, 2.24) is 0 Å². The van der Waals surface area contributed by atoms with Crippen molar-refractivity contribution in [1.29, 1.82) is 0 Å². The van der Waals surface area contributed by atoms with Crippen LogP contribution in [0.1, 0.15) is 26.7 Å². The summed E-state index contributed by atoms with van der Waals surface area (Å²) in [5, 5.41) is -5.29. The van der Waals surface area contributed by atoms with Gasteiger partial charge in [-0.2, -0.15) is 74.6 Å². The molecule has 2 aromatic carbocycles. The minimum absolute atomic E-state index is 0.225. The van der Waals surface area contributed by atoms with Gasteiger partial charge in [0, 0.05) is 21.7 Å². The summed E-state index contributed by atoms with van der Waals surface area (Å²) >= 11 is 0. The fourth-order valence-corrected chi connectivity index (χ4v) is 6.97. The lowest BCUT2D eigenvalue weighted by molar-refractivity contribution is -0.458. The number of ether oxygens (including phenoxy) is 1. The fourth-order valence-electron chi connectivity index (χ4n) is 4.03. The predicted octanol–water partition coefficient (Wildman–Crippen LogP) is 8.90. The molecule has 0 radical (unpaired) electrons. The molecular formula is C25H21F17O4S2. The van der Waals surface area contributed by atoms with Crippen LogP contribution in [0.15, 0.2) is 41.3 Å². The Morgan fingerprint density at radius 1 is 0.625 bits per heavy atom. The van der Waals surface area contributed by atoms with Crippen LogP contribution in [0.2, 0.25) is 0 Å². The van der Waals surface area contributed by atoms with Gasteiger partial charge in [-0.05, 0) is 44.9 Å². The van der Waals surface area contributed by atoms with Gasteiger partial charge in [-0.15, -0.1) is 0 Å². The second kappa shape index (κ2) is 13.0. The third-order valence-corrected chi connectivity index (χ3v) is 9.98. The van der Waals surface area contributed by atoms with Crippen LogP contribution >= 0.6 is 0 Å². The summed E-state index contributed by atoms with van der Waals surface area (Å²) in [5.41, 5.74) is 0. The van der Waals surface area contributed by atoms with Gasteiger partial charge in [0.1, 0.15) is 17.3 Å². The van der Waals surface area contributed by atoms with Gasteiger partial charge < -0.3 is 9.29 Å². The summed E-state index contributed by atoms with van der Waals surface area (Å²) in [6, 6.07) is 13.2. The second-order valence-electron chi connectivity index (χ2n) is 10.3. The maximum absolute atomic E-state index is 13.0. The largest absolute Gasteiger partial charge is 0.743 e. The van der Waals surface area contributed by atoms with E-state index in [1.54, 1.807) is 4.90 Å². The Kier molecular flexibility index (Phi) is 11.3. The van der Waals surface area contributed by atoms with E-state index in [1.165, 1.54) is 35.1 Å². The van der Waals surface area contributed by atoms with Crippen molar-refractivity contribution in [2.24, 2.45) is 0 Å². The van der Waals surface area contributed by atoms with E-state index in [-0.39, 0.29) is 6.10 Å². The van der Waals surface area contributed by atoms with E-state index in [1.807, 2.05) is 0 Å². The first-order valence-corrected chi connectivity index (χ1v) is 15.8. The molecule has 2 aromatic rings. The zero-order valence-electron chi connectivity index (χ0n) is 23.7. The highest BCUT2D eigenvalue weighted by molar-refractivity contribution is 7.97. The zero-order chi connectivity index (χ0) is 37.7. The number of alkyl halides is 17. The normalized spacial score (nSPS) is 16.7. The standard InChI is InChI=1S/C17H21OS.C8HF17O3S/c1-13(2)18-16-9-10-17(19-11-5-6-12-19)15-8-4-3-7-14(15)16;9-1(10,3(13,14)5(17,18)7(21,22)23)2(11,12)4(15,16)6(19,20)8(24,25)29(26,27)28/h3-4,7-10,13H,5-6,11-12H2,1-2H3;(H,26,27,28)/q+1;/p-1. The van der Waals surface area contributed by atoms with Crippen molar-refractivity contribution in [2.75, 3.05) is 11.5 Å². The monoisotopic (exact) mass is 772 g/mol. The van der Waals surface area contributed by atoms with Gasteiger partial charge in [-0.3, -0.25) is 0 Å². The fraction of sp³-hybridized carbons (Fsp3) is 0.600. The Labute approximate surface area is 262 Å². The molecule has 48 heavy (non-hydrogen) atoms. The molecule has 0 spiro atoms. The van der Waals surface area contributed by atoms with Crippen LogP contribution in [0.3, 0.4) is 0 Å². The minimum Gasteiger partial charge on any atom is -0.743 e. The van der Waals surface area contributed by atoms with Crippen LogP contribution in [0, 0.1) is 0 Å². The lowest BCUT2D eigenvalue weighted by atomic mass is 9.91. The summed E-state index contributed by atoms with van der Waals surface area (Å²) in [4.78, 5) is 1.55. The molecule has 0 N–H and O–H groups in total. The molecule has 1 fully saturated rings. The predicted molar refractivity (Wildman–Crippen MR) is 135 cm³/mol. The van der Waals surface area contributed by atoms with Gasteiger partial charge in [-0.25, -0.2) is 8.42 Å². The molecule has 0 unspecified atom stereocenters. The lowest BCUT2D eigenvalue weighted by Gasteiger charge is -2.42. The highest BCUT2D eigenvalue weighted by atomic mass is 32.2. The van der Waals surface area contributed by atoms with Gasteiger partial charge in [0.2, 0.25) is 0 Å². The third kappa shape index (κ3) is 6.70. The second-order valence-corrected chi connectivity index (χ2v) is 14.0. The molecule has 4 nitrogen and oxygen atoms in total. The molecule has 0 saturated carbocycles. The van der Waals surface area contributed by atoms with Crippen molar-refractivity contribution < 1.29 is 92.3 Å². The number of benzene rings is 2. The third-order valence-electron chi connectivity index (χ3n) is 6.56. The molecule has 0 bridgehead atoms. The Hall–Kier alpha value is -2.43. The number of rotatable bonds is 10. The lowest BCUT2D eigenvalue weighted by Crippen LogP contribution is -2.75. The van der Waals surface area contributed by atoms with E-state index in [4.69, 9.17) is 4.74 Å². The first-order chi connectivity index (χ1) is 21.3. The van der Waals surface area contributed by atoms with Crippen molar-refractivity contribution in [3.63, 3.8) is 0 Å². The maximum atomic E-state index is 13.0. The SMILES string of the molecule is CC(C)Oc1ccc([S+]2CCCC2)c2ccccc12.O=S(=O)([O-])C(F)(F)C(F)(F)C(F)(F)C(F)(F)C(F)(F)C(F)(F)C(F)(F)C(F)(F)F. The summed E-state index contributed by atoms with van der Waals surface area (Å²) in [5.74, 6) is -48.4. The van der Waals surface area contributed by atoms with Crippen LogP contribution in [-0.2, 0) is 21.0 Å². The van der Waals surface area contributed by atoms with Gasteiger partial charge in [-0.1, -0.05) is 18.2 Å². The molecule has 0 atom stereocenters. The van der Waals surface area contributed by atoms with Crippen molar-refractivity contribution in [2.45, 2.75) is 84.7 Å². The first-order valence-electron chi connectivity index (χ1n) is 12.8. The van der Waals surface area contributed by atoms with Crippen LogP contribution < -0.4 is 4.74 Å². The zero-order valence-corrected chi connectivity index (χ0v) is 25.4. The molecule has 3 rings (SSSR count). The van der Waals surface area contributed by atoms with Crippen molar-refractivity contribution >= 4 is 31.8 Å². The molecule has 23 heteroatoms. The molecule has 0 aromatic heterocycles. The van der Waals surface area contributed by atoms with E-state index >= 15 is 0 Å². The van der Waals surface area contributed by atoms with Crippen LogP contribution in [0.25, 0.3) is 10.8 Å². The topological polar surface area (TPSA) is 66.4 Å². The molecular weight excluding hydrogens is 751 g/mol. The van der Waals surface area contributed by atoms with E-state index in [2.05, 4.69) is 50.2 Å². The van der Waals surface area contributed by atoms with Crippen molar-refractivity contribution in [3.05, 3.63) is 36.4 Å². The highest BCUT2D eigenvalue weighted by Gasteiger charge is 2.95. The Morgan fingerprint density at radius 3 is 1.42 bits per heavy atom. The number of halogens is 17. The molecule has 0 aliphatic carbocycles. The molecule has 276 valence electrons. The summed E-state index contributed by atoms with van der Waals surface area (Å²) in [6.45, 7) is 4.17.